The fourth-order valence-corrected chi connectivity index (χ4v) is 1.56. The highest BCUT2D eigenvalue weighted by Gasteiger charge is 1.93. The van der Waals surface area contributed by atoms with E-state index in [0.29, 0.717) is 0 Å². The Labute approximate surface area is 71.2 Å². The third-order valence-corrected chi connectivity index (χ3v) is 2.31. The van der Waals surface area contributed by atoms with Gasteiger partial charge in [0.1, 0.15) is 0 Å². The maximum Gasteiger partial charge on any atom is 0.0924 e. The molecule has 0 aromatic carbocycles. The number of aryl methyl sites for hydroxylation is 1. The number of unbranched alkanes of at least 4 members (excludes halogenated alkanes) is 1. The van der Waals surface area contributed by atoms with Crippen LogP contribution >= 0.6 is 11.3 Å². The summed E-state index contributed by atoms with van der Waals surface area (Å²) in [5, 5.41) is 3.26. The largest absolute Gasteiger partial charge is 0.385 e. The zero-order valence-electron chi connectivity index (χ0n) is 6.75. The average molecular weight is 171 g/mol. The molecule has 1 aromatic heterocycles. The van der Waals surface area contributed by atoms with E-state index in [9.17, 15) is 0 Å². The number of hydrogen-bond donors (Lipinski definition) is 0. The molecule has 62 valence electrons. The van der Waals surface area contributed by atoms with E-state index in [-0.39, 0.29) is 0 Å². The molecule has 0 spiro atoms. The lowest BCUT2D eigenvalue weighted by molar-refractivity contribution is 0.193. The van der Waals surface area contributed by atoms with Crippen LogP contribution in [0.4, 0.5) is 0 Å². The lowest BCUT2D eigenvalue weighted by Gasteiger charge is -1.96. The average Bonchev–Trinajstić information content (AvgIpc) is 2.50. The standard InChI is InChI=1S/C8H13NOS/c1-10-6-3-2-4-8-9-5-7-11-8/h5,7H,2-4,6H2,1H3. The highest BCUT2D eigenvalue weighted by molar-refractivity contribution is 7.09. The second kappa shape index (κ2) is 5.27. The Hall–Kier alpha value is -0.410. The fraction of sp³-hybridized carbons (Fsp3) is 0.625. The Morgan fingerprint density at radius 2 is 2.45 bits per heavy atom. The number of ether oxygens (including phenoxy) is 1. The third kappa shape index (κ3) is 3.49. The third-order valence-electron chi connectivity index (χ3n) is 1.47. The number of methoxy groups -OCH3 is 1. The normalized spacial score (nSPS) is 10.3. The summed E-state index contributed by atoms with van der Waals surface area (Å²) >= 11 is 1.73. The first-order valence-electron chi connectivity index (χ1n) is 3.81. The van der Waals surface area contributed by atoms with Crippen molar-refractivity contribution in [1.82, 2.24) is 4.98 Å². The van der Waals surface area contributed by atoms with Crippen LogP contribution in [-0.4, -0.2) is 18.7 Å². The highest BCUT2D eigenvalue weighted by Crippen LogP contribution is 2.07. The van der Waals surface area contributed by atoms with Crippen molar-refractivity contribution >= 4 is 11.3 Å². The molecule has 0 aliphatic carbocycles. The molecule has 1 heterocycles. The van der Waals surface area contributed by atoms with Crippen LogP contribution in [-0.2, 0) is 11.2 Å². The molecule has 0 saturated heterocycles. The predicted octanol–water partition coefficient (Wildman–Crippen LogP) is 2.11. The van der Waals surface area contributed by atoms with E-state index in [1.165, 1.54) is 11.4 Å². The van der Waals surface area contributed by atoms with Crippen molar-refractivity contribution in [3.8, 4) is 0 Å². The van der Waals surface area contributed by atoms with Gasteiger partial charge in [-0.2, -0.15) is 0 Å². The van der Waals surface area contributed by atoms with Gasteiger partial charge in [-0.05, 0) is 19.3 Å². The van der Waals surface area contributed by atoms with Gasteiger partial charge < -0.3 is 4.74 Å². The van der Waals surface area contributed by atoms with Crippen LogP contribution in [0.5, 0.6) is 0 Å². The van der Waals surface area contributed by atoms with Crippen molar-refractivity contribution in [2.45, 2.75) is 19.3 Å². The van der Waals surface area contributed by atoms with Crippen LogP contribution < -0.4 is 0 Å². The molecule has 2 nitrogen and oxygen atoms in total. The minimum atomic E-state index is 0.866. The van der Waals surface area contributed by atoms with Gasteiger partial charge in [0.25, 0.3) is 0 Å². The van der Waals surface area contributed by atoms with Gasteiger partial charge in [0.2, 0.25) is 0 Å². The second-order valence-electron chi connectivity index (χ2n) is 2.38. The summed E-state index contributed by atoms with van der Waals surface area (Å²) < 4.78 is 4.94. The van der Waals surface area contributed by atoms with Gasteiger partial charge >= 0.3 is 0 Å². The summed E-state index contributed by atoms with van der Waals surface area (Å²) in [5.74, 6) is 0. The summed E-state index contributed by atoms with van der Waals surface area (Å²) in [4.78, 5) is 4.19. The van der Waals surface area contributed by atoms with E-state index in [1.54, 1.807) is 18.4 Å². The molecule has 1 aromatic rings. The molecule has 3 heteroatoms. The maximum atomic E-state index is 4.94. The van der Waals surface area contributed by atoms with Crippen molar-refractivity contribution in [3.05, 3.63) is 16.6 Å². The molecule has 0 aliphatic rings. The van der Waals surface area contributed by atoms with Crippen LogP contribution in [0.25, 0.3) is 0 Å². The minimum absolute atomic E-state index is 0.866. The van der Waals surface area contributed by atoms with Crippen molar-refractivity contribution in [1.29, 1.82) is 0 Å². The van der Waals surface area contributed by atoms with Gasteiger partial charge in [0.05, 0.1) is 5.01 Å². The first kappa shape index (κ1) is 8.68. The molecular formula is C8H13NOS. The Morgan fingerprint density at radius 3 is 3.09 bits per heavy atom. The number of thiazole rings is 1. The Morgan fingerprint density at radius 1 is 1.55 bits per heavy atom. The molecule has 1 rings (SSSR count). The molecule has 0 saturated carbocycles. The number of hydrogen-bond acceptors (Lipinski definition) is 3. The topological polar surface area (TPSA) is 22.1 Å². The Balaban J connectivity index is 2.04. The smallest absolute Gasteiger partial charge is 0.0924 e. The van der Waals surface area contributed by atoms with Crippen molar-refractivity contribution < 1.29 is 4.74 Å². The molecule has 0 atom stereocenters. The SMILES string of the molecule is COCCCCc1nccs1. The van der Waals surface area contributed by atoms with Crippen molar-refractivity contribution in [2.24, 2.45) is 0 Å². The first-order chi connectivity index (χ1) is 5.43. The minimum Gasteiger partial charge on any atom is -0.385 e. The van der Waals surface area contributed by atoms with Gasteiger partial charge in [-0.25, -0.2) is 4.98 Å². The Bertz CT molecular complexity index is 174. The van der Waals surface area contributed by atoms with E-state index < -0.39 is 0 Å². The molecule has 0 aliphatic heterocycles. The highest BCUT2D eigenvalue weighted by atomic mass is 32.1. The lowest BCUT2D eigenvalue weighted by Crippen LogP contribution is -1.90. The van der Waals surface area contributed by atoms with Crippen LogP contribution in [0.15, 0.2) is 11.6 Å². The first-order valence-corrected chi connectivity index (χ1v) is 4.69. The number of nitrogens with zero attached hydrogens (tertiary/aromatic N) is 1. The fourth-order valence-electron chi connectivity index (χ4n) is 0.899. The van der Waals surface area contributed by atoms with Crippen LogP contribution in [0, 0.1) is 0 Å². The van der Waals surface area contributed by atoms with E-state index >= 15 is 0 Å². The van der Waals surface area contributed by atoms with Gasteiger partial charge in [-0.1, -0.05) is 0 Å². The molecular weight excluding hydrogens is 158 g/mol. The van der Waals surface area contributed by atoms with Crippen LogP contribution in [0.3, 0.4) is 0 Å². The Kier molecular flexibility index (Phi) is 4.16. The van der Waals surface area contributed by atoms with Crippen molar-refractivity contribution in [2.75, 3.05) is 13.7 Å². The van der Waals surface area contributed by atoms with Crippen LogP contribution in [0.2, 0.25) is 0 Å². The van der Waals surface area contributed by atoms with E-state index in [1.807, 2.05) is 11.6 Å². The quantitative estimate of drug-likeness (QED) is 0.633. The van der Waals surface area contributed by atoms with Gasteiger partial charge in [0, 0.05) is 25.3 Å². The lowest BCUT2D eigenvalue weighted by atomic mass is 10.2. The molecule has 0 amide bonds. The van der Waals surface area contributed by atoms with Gasteiger partial charge in [-0.3, -0.25) is 0 Å². The number of rotatable bonds is 5. The zero-order chi connectivity index (χ0) is 7.94. The van der Waals surface area contributed by atoms with Crippen molar-refractivity contribution in [3.63, 3.8) is 0 Å². The predicted molar refractivity (Wildman–Crippen MR) is 46.9 cm³/mol. The molecule has 0 fully saturated rings. The molecule has 0 N–H and O–H groups in total. The van der Waals surface area contributed by atoms with Crippen LogP contribution in [0.1, 0.15) is 17.8 Å². The summed E-state index contributed by atoms with van der Waals surface area (Å²) in [7, 11) is 1.74. The van der Waals surface area contributed by atoms with Gasteiger partial charge in [0.15, 0.2) is 0 Å². The van der Waals surface area contributed by atoms with Gasteiger partial charge in [-0.15, -0.1) is 11.3 Å². The molecule has 0 unspecified atom stereocenters. The maximum absolute atomic E-state index is 4.94. The summed E-state index contributed by atoms with van der Waals surface area (Å²) in [5.41, 5.74) is 0. The van der Waals surface area contributed by atoms with E-state index in [0.717, 1.165) is 19.4 Å². The molecule has 11 heavy (non-hydrogen) atoms. The van der Waals surface area contributed by atoms with E-state index in [2.05, 4.69) is 4.98 Å². The summed E-state index contributed by atoms with van der Waals surface area (Å²) in [6, 6.07) is 0. The molecule has 0 bridgehead atoms. The molecule has 0 radical (unpaired) electrons. The monoisotopic (exact) mass is 171 g/mol. The second-order valence-corrected chi connectivity index (χ2v) is 3.35. The number of aromatic nitrogens is 1. The van der Waals surface area contributed by atoms with E-state index in [4.69, 9.17) is 4.74 Å². The zero-order valence-corrected chi connectivity index (χ0v) is 7.56. The summed E-state index contributed by atoms with van der Waals surface area (Å²) in [6.45, 7) is 0.866. The summed E-state index contributed by atoms with van der Waals surface area (Å²) in [6.07, 6.45) is 5.27.